The summed E-state index contributed by atoms with van der Waals surface area (Å²) in [5, 5.41) is 3.15. The van der Waals surface area contributed by atoms with Gasteiger partial charge in [-0.15, -0.1) is 24.0 Å². The predicted octanol–water partition coefficient (Wildman–Crippen LogP) is 4.02. The normalized spacial score (nSPS) is 11.6. The zero-order chi connectivity index (χ0) is 20.7. The molecule has 1 amide bonds. The molecule has 9 heteroatoms. The second-order valence-electron chi connectivity index (χ2n) is 6.29. The lowest BCUT2D eigenvalue weighted by Crippen LogP contribution is -2.38. The van der Waals surface area contributed by atoms with Gasteiger partial charge in [-0.1, -0.05) is 24.3 Å². The van der Waals surface area contributed by atoms with Gasteiger partial charge in [-0.2, -0.15) is 13.2 Å². The quantitative estimate of drug-likeness (QED) is 0.344. The molecule has 0 bridgehead atoms. The predicted molar refractivity (Wildman–Crippen MR) is 118 cm³/mol. The van der Waals surface area contributed by atoms with Crippen molar-refractivity contribution in [2.24, 2.45) is 10.7 Å². The summed E-state index contributed by atoms with van der Waals surface area (Å²) in [4.78, 5) is 17.6. The highest BCUT2D eigenvalue weighted by molar-refractivity contribution is 14.0. The number of benzene rings is 2. The number of aliphatic imine (C=N–C) groups is 1. The van der Waals surface area contributed by atoms with E-state index in [1.807, 2.05) is 17.9 Å². The molecule has 0 aliphatic carbocycles. The first-order chi connectivity index (χ1) is 13.2. The molecular weight excluding hydrogens is 496 g/mol. The topological polar surface area (TPSA) is 70.7 Å². The van der Waals surface area contributed by atoms with Crippen LogP contribution in [0.1, 0.15) is 34.0 Å². The Morgan fingerprint density at radius 1 is 1.14 bits per heavy atom. The third-order valence-corrected chi connectivity index (χ3v) is 4.02. The van der Waals surface area contributed by atoms with Crippen molar-refractivity contribution in [2.45, 2.75) is 26.2 Å². The number of carbonyl (C=O) groups is 1. The first-order valence-corrected chi connectivity index (χ1v) is 8.75. The molecule has 5 nitrogen and oxygen atoms in total. The minimum atomic E-state index is -4.35. The Bertz CT molecular complexity index is 838. The molecule has 0 saturated carbocycles. The lowest BCUT2D eigenvalue weighted by atomic mass is 10.1. The fraction of sp³-hybridized carbons (Fsp3) is 0.300. The molecule has 0 radical (unpaired) electrons. The van der Waals surface area contributed by atoms with Gasteiger partial charge >= 0.3 is 6.18 Å². The lowest BCUT2D eigenvalue weighted by molar-refractivity contribution is -0.137. The second kappa shape index (κ2) is 11.0. The zero-order valence-corrected chi connectivity index (χ0v) is 18.5. The van der Waals surface area contributed by atoms with Crippen molar-refractivity contribution in [3.63, 3.8) is 0 Å². The van der Waals surface area contributed by atoms with E-state index in [2.05, 4.69) is 10.3 Å². The molecule has 2 rings (SSSR count). The number of nitrogens with one attached hydrogen (secondary N) is 1. The SMILES string of the molecule is CCNC(=NCc1cccc(C(N)=O)c1)N(C)Cc1ccc(C(F)(F)F)cc1.I. The van der Waals surface area contributed by atoms with E-state index in [0.29, 0.717) is 31.2 Å². The Morgan fingerprint density at radius 3 is 2.34 bits per heavy atom. The van der Waals surface area contributed by atoms with Gasteiger partial charge in [-0.3, -0.25) is 4.79 Å². The highest BCUT2D eigenvalue weighted by Crippen LogP contribution is 2.29. The van der Waals surface area contributed by atoms with Crippen LogP contribution in [0.25, 0.3) is 0 Å². The maximum Gasteiger partial charge on any atom is 0.416 e. The summed E-state index contributed by atoms with van der Waals surface area (Å²) in [6, 6.07) is 12.0. The summed E-state index contributed by atoms with van der Waals surface area (Å²) in [5.41, 5.74) is 6.59. The van der Waals surface area contributed by atoms with Crippen LogP contribution in [-0.4, -0.2) is 30.4 Å². The number of nitrogens with two attached hydrogens (primary N) is 1. The molecule has 0 unspecified atom stereocenters. The van der Waals surface area contributed by atoms with Crippen molar-refractivity contribution in [3.8, 4) is 0 Å². The Balaban J connectivity index is 0.00000420. The molecule has 158 valence electrons. The molecule has 29 heavy (non-hydrogen) atoms. The summed E-state index contributed by atoms with van der Waals surface area (Å²) in [6.07, 6.45) is -4.35. The summed E-state index contributed by atoms with van der Waals surface area (Å²) < 4.78 is 38.0. The summed E-state index contributed by atoms with van der Waals surface area (Å²) in [5.74, 6) is 0.101. The number of guanidine groups is 1. The molecule has 2 aromatic carbocycles. The monoisotopic (exact) mass is 520 g/mol. The Kier molecular flexibility index (Phi) is 9.41. The van der Waals surface area contributed by atoms with E-state index in [4.69, 9.17) is 5.73 Å². The van der Waals surface area contributed by atoms with Gasteiger partial charge in [-0.05, 0) is 42.3 Å². The van der Waals surface area contributed by atoms with Gasteiger partial charge in [0.1, 0.15) is 0 Å². The fourth-order valence-corrected chi connectivity index (χ4v) is 2.61. The lowest BCUT2D eigenvalue weighted by Gasteiger charge is -2.22. The number of nitrogens with zero attached hydrogens (tertiary/aromatic N) is 2. The molecule has 3 N–H and O–H groups in total. The van der Waals surface area contributed by atoms with Crippen molar-refractivity contribution in [1.82, 2.24) is 10.2 Å². The fourth-order valence-electron chi connectivity index (χ4n) is 2.61. The third-order valence-electron chi connectivity index (χ3n) is 4.02. The Labute approximate surface area is 185 Å². The van der Waals surface area contributed by atoms with Crippen LogP contribution in [0.3, 0.4) is 0 Å². The maximum atomic E-state index is 12.7. The number of rotatable bonds is 6. The molecule has 0 aliphatic rings. The molecule has 0 aliphatic heterocycles. The highest BCUT2D eigenvalue weighted by atomic mass is 127. The Morgan fingerprint density at radius 2 is 1.79 bits per heavy atom. The van der Waals surface area contributed by atoms with E-state index in [0.717, 1.165) is 23.3 Å². The van der Waals surface area contributed by atoms with Gasteiger partial charge in [0.05, 0.1) is 12.1 Å². The van der Waals surface area contributed by atoms with Crippen molar-refractivity contribution >= 4 is 35.8 Å². The van der Waals surface area contributed by atoms with Crippen LogP contribution in [-0.2, 0) is 19.3 Å². The van der Waals surface area contributed by atoms with Gasteiger partial charge in [-0.25, -0.2) is 4.99 Å². The third kappa shape index (κ3) is 7.56. The molecule has 0 saturated heterocycles. The zero-order valence-electron chi connectivity index (χ0n) is 16.2. The molecule has 2 aromatic rings. The second-order valence-corrected chi connectivity index (χ2v) is 6.29. The summed E-state index contributed by atoms with van der Waals surface area (Å²) >= 11 is 0. The van der Waals surface area contributed by atoms with E-state index in [1.165, 1.54) is 12.1 Å². The van der Waals surface area contributed by atoms with E-state index in [-0.39, 0.29) is 24.0 Å². The first-order valence-electron chi connectivity index (χ1n) is 8.75. The smallest absolute Gasteiger partial charge is 0.366 e. The average molecular weight is 520 g/mol. The van der Waals surface area contributed by atoms with Crippen LogP contribution in [0, 0.1) is 0 Å². The molecule has 0 aromatic heterocycles. The minimum absolute atomic E-state index is 0. The van der Waals surface area contributed by atoms with Crippen molar-refractivity contribution in [2.75, 3.05) is 13.6 Å². The van der Waals surface area contributed by atoms with Crippen molar-refractivity contribution < 1.29 is 18.0 Å². The van der Waals surface area contributed by atoms with Crippen LogP contribution in [0.2, 0.25) is 0 Å². The number of primary amides is 1. The number of alkyl halides is 3. The number of carbonyl (C=O) groups excluding carboxylic acids is 1. The molecular formula is C20H24F3IN4O. The Hall–Kier alpha value is -2.30. The van der Waals surface area contributed by atoms with Gasteiger partial charge in [0, 0.05) is 25.7 Å². The largest absolute Gasteiger partial charge is 0.416 e. The van der Waals surface area contributed by atoms with Crippen molar-refractivity contribution in [3.05, 3.63) is 70.8 Å². The molecule has 0 atom stereocenters. The number of halogens is 4. The van der Waals surface area contributed by atoms with Crippen LogP contribution in [0.15, 0.2) is 53.5 Å². The molecule has 0 heterocycles. The number of amides is 1. The van der Waals surface area contributed by atoms with Crippen LogP contribution in [0.5, 0.6) is 0 Å². The van der Waals surface area contributed by atoms with Crippen LogP contribution >= 0.6 is 24.0 Å². The minimum Gasteiger partial charge on any atom is -0.366 e. The highest BCUT2D eigenvalue weighted by Gasteiger charge is 2.29. The maximum absolute atomic E-state index is 12.7. The van der Waals surface area contributed by atoms with E-state index in [9.17, 15) is 18.0 Å². The number of hydrogen-bond acceptors (Lipinski definition) is 2. The van der Waals surface area contributed by atoms with Gasteiger partial charge in [0.2, 0.25) is 5.91 Å². The van der Waals surface area contributed by atoms with Gasteiger partial charge in [0.25, 0.3) is 0 Å². The summed E-state index contributed by atoms with van der Waals surface area (Å²) in [7, 11) is 1.80. The summed E-state index contributed by atoms with van der Waals surface area (Å²) in [6.45, 7) is 3.29. The van der Waals surface area contributed by atoms with E-state index >= 15 is 0 Å². The first kappa shape index (κ1) is 24.7. The van der Waals surface area contributed by atoms with Gasteiger partial charge < -0.3 is 16.0 Å². The molecule has 0 fully saturated rings. The van der Waals surface area contributed by atoms with E-state index in [1.54, 1.807) is 25.2 Å². The van der Waals surface area contributed by atoms with Crippen LogP contribution < -0.4 is 11.1 Å². The number of hydrogen-bond donors (Lipinski definition) is 2. The molecule has 0 spiro atoms. The van der Waals surface area contributed by atoms with Crippen LogP contribution in [0.4, 0.5) is 13.2 Å². The van der Waals surface area contributed by atoms with E-state index < -0.39 is 17.6 Å². The van der Waals surface area contributed by atoms with Crippen molar-refractivity contribution in [1.29, 1.82) is 0 Å². The van der Waals surface area contributed by atoms with Gasteiger partial charge in [0.15, 0.2) is 5.96 Å². The standard InChI is InChI=1S/C20H23F3N4O.HI/c1-3-25-19(26-12-15-5-4-6-16(11-15)18(24)28)27(2)13-14-7-9-17(10-8-14)20(21,22)23;/h4-11H,3,12-13H2,1-2H3,(H2,24,28)(H,25,26);1H. The average Bonchev–Trinajstić information content (AvgIpc) is 2.65.